The van der Waals surface area contributed by atoms with Crippen molar-refractivity contribution >= 4 is 17.6 Å². The minimum Gasteiger partial charge on any atom is -0.351 e. The topological polar surface area (TPSA) is 69.6 Å². The van der Waals surface area contributed by atoms with Gasteiger partial charge in [0.1, 0.15) is 0 Å². The van der Waals surface area contributed by atoms with Crippen LogP contribution in [0, 0.1) is 5.92 Å². The van der Waals surface area contributed by atoms with Gasteiger partial charge >= 0.3 is 6.18 Å². The number of carbonyl (C=O) groups is 2. The third-order valence-corrected chi connectivity index (χ3v) is 4.52. The summed E-state index contributed by atoms with van der Waals surface area (Å²) < 4.78 is 37.5. The summed E-state index contributed by atoms with van der Waals surface area (Å²) in [6.45, 7) is 1.32. The number of carbonyl (C=O) groups excluding carboxylic acids is 2. The first-order valence-electron chi connectivity index (χ1n) is 7.83. The number of nitrogens with zero attached hydrogens (tertiary/aromatic N) is 5. The third kappa shape index (κ3) is 3.38. The molecule has 1 unspecified atom stereocenters. The minimum atomic E-state index is -4.51. The molecule has 25 heavy (non-hydrogen) atoms. The first kappa shape index (κ1) is 17.4. The highest BCUT2D eigenvalue weighted by molar-refractivity contribution is 5.89. The van der Waals surface area contributed by atoms with Crippen LogP contribution in [0.5, 0.6) is 0 Å². The summed E-state index contributed by atoms with van der Waals surface area (Å²) in [7, 11) is 3.31. The normalized spacial score (nSPS) is 21.5. The SMILES string of the molecule is CN(C)C(=O)C1CC(=O)N(C2CN(c3ccc(C(F)(F)F)nn3)C2)C1. The van der Waals surface area contributed by atoms with Crippen LogP contribution in [0.1, 0.15) is 12.1 Å². The van der Waals surface area contributed by atoms with Gasteiger partial charge in [0.05, 0.1) is 12.0 Å². The van der Waals surface area contributed by atoms with Crippen molar-refractivity contribution in [3.8, 4) is 0 Å². The number of likely N-dealkylation sites (tertiary alicyclic amines) is 1. The molecule has 136 valence electrons. The average Bonchev–Trinajstić information content (AvgIpc) is 2.86. The second-order valence-electron chi connectivity index (χ2n) is 6.51. The highest BCUT2D eigenvalue weighted by atomic mass is 19.4. The van der Waals surface area contributed by atoms with Gasteiger partial charge in [-0.3, -0.25) is 9.59 Å². The Hall–Kier alpha value is -2.39. The zero-order chi connectivity index (χ0) is 18.4. The van der Waals surface area contributed by atoms with Crippen molar-refractivity contribution in [1.29, 1.82) is 0 Å². The predicted molar refractivity (Wildman–Crippen MR) is 81.5 cm³/mol. The molecule has 0 bridgehead atoms. The Morgan fingerprint density at radius 1 is 1.20 bits per heavy atom. The van der Waals surface area contributed by atoms with Gasteiger partial charge in [0.15, 0.2) is 11.5 Å². The van der Waals surface area contributed by atoms with E-state index in [-0.39, 0.29) is 30.2 Å². The third-order valence-electron chi connectivity index (χ3n) is 4.52. The van der Waals surface area contributed by atoms with Gasteiger partial charge in [-0.05, 0) is 12.1 Å². The standard InChI is InChI=1S/C15H18F3N5O2/c1-21(2)14(25)9-5-13(24)23(6-9)10-7-22(8-10)12-4-3-11(19-20-12)15(16,17)18/h3-4,9-10H,5-8H2,1-2H3. The number of aromatic nitrogens is 2. The lowest BCUT2D eigenvalue weighted by Crippen LogP contribution is -2.60. The van der Waals surface area contributed by atoms with Gasteiger partial charge in [0.2, 0.25) is 11.8 Å². The zero-order valence-electron chi connectivity index (χ0n) is 13.8. The molecule has 1 aromatic rings. The van der Waals surface area contributed by atoms with Crippen molar-refractivity contribution in [2.75, 3.05) is 38.6 Å². The Bertz CT molecular complexity index is 671. The van der Waals surface area contributed by atoms with Crippen LogP contribution in [-0.2, 0) is 15.8 Å². The second kappa shape index (κ2) is 6.16. The Morgan fingerprint density at radius 2 is 1.88 bits per heavy atom. The summed E-state index contributed by atoms with van der Waals surface area (Å²) in [5.41, 5.74) is -1.03. The van der Waals surface area contributed by atoms with Gasteiger partial charge in [0, 0.05) is 40.2 Å². The maximum absolute atomic E-state index is 12.5. The molecule has 0 aliphatic carbocycles. The number of amides is 2. The summed E-state index contributed by atoms with van der Waals surface area (Å²) in [5.74, 6) is -0.122. The molecule has 2 saturated heterocycles. The molecule has 10 heteroatoms. The van der Waals surface area contributed by atoms with Gasteiger partial charge in [0.25, 0.3) is 0 Å². The maximum atomic E-state index is 12.5. The van der Waals surface area contributed by atoms with E-state index >= 15 is 0 Å². The van der Waals surface area contributed by atoms with E-state index in [0.29, 0.717) is 25.5 Å². The molecular weight excluding hydrogens is 339 g/mol. The number of hydrogen-bond donors (Lipinski definition) is 0. The lowest BCUT2D eigenvalue weighted by molar-refractivity contribution is -0.141. The van der Waals surface area contributed by atoms with Crippen molar-refractivity contribution in [3.63, 3.8) is 0 Å². The quantitative estimate of drug-likeness (QED) is 0.793. The van der Waals surface area contributed by atoms with Crippen LogP contribution in [0.4, 0.5) is 19.0 Å². The van der Waals surface area contributed by atoms with Crippen LogP contribution in [0.2, 0.25) is 0 Å². The summed E-state index contributed by atoms with van der Waals surface area (Å²) >= 11 is 0. The number of rotatable bonds is 3. The molecule has 7 nitrogen and oxygen atoms in total. The Balaban J connectivity index is 1.57. The Morgan fingerprint density at radius 3 is 2.40 bits per heavy atom. The van der Waals surface area contributed by atoms with E-state index < -0.39 is 11.9 Å². The Labute approximate surface area is 142 Å². The molecule has 0 aromatic carbocycles. The smallest absolute Gasteiger partial charge is 0.351 e. The largest absolute Gasteiger partial charge is 0.435 e. The molecule has 3 heterocycles. The van der Waals surface area contributed by atoms with Crippen LogP contribution in [0.15, 0.2) is 12.1 Å². The molecule has 2 aliphatic heterocycles. The van der Waals surface area contributed by atoms with Crippen LogP contribution in [0.25, 0.3) is 0 Å². The molecule has 1 atom stereocenters. The molecule has 2 aliphatic rings. The van der Waals surface area contributed by atoms with Crippen LogP contribution < -0.4 is 4.90 Å². The zero-order valence-corrected chi connectivity index (χ0v) is 13.8. The predicted octanol–water partition coefficient (Wildman–Crippen LogP) is 0.621. The summed E-state index contributed by atoms with van der Waals surface area (Å²) in [5, 5.41) is 6.80. The number of alkyl halides is 3. The fraction of sp³-hybridized carbons (Fsp3) is 0.600. The minimum absolute atomic E-state index is 0.0587. The molecule has 2 amide bonds. The van der Waals surface area contributed by atoms with Crippen molar-refractivity contribution in [2.45, 2.75) is 18.6 Å². The van der Waals surface area contributed by atoms with Crippen LogP contribution >= 0.6 is 0 Å². The van der Waals surface area contributed by atoms with Gasteiger partial charge in [-0.15, -0.1) is 10.2 Å². The molecule has 2 fully saturated rings. The maximum Gasteiger partial charge on any atom is 0.435 e. The number of hydrogen-bond acceptors (Lipinski definition) is 5. The van der Waals surface area contributed by atoms with E-state index in [0.717, 1.165) is 6.07 Å². The molecule has 0 radical (unpaired) electrons. The van der Waals surface area contributed by atoms with Gasteiger partial charge in [-0.1, -0.05) is 0 Å². The van der Waals surface area contributed by atoms with E-state index in [1.165, 1.54) is 11.0 Å². The van der Waals surface area contributed by atoms with E-state index in [1.54, 1.807) is 23.9 Å². The number of anilines is 1. The molecule has 0 saturated carbocycles. The van der Waals surface area contributed by atoms with E-state index in [4.69, 9.17) is 0 Å². The summed E-state index contributed by atoms with van der Waals surface area (Å²) in [6.07, 6.45) is -4.31. The van der Waals surface area contributed by atoms with Crippen molar-refractivity contribution in [1.82, 2.24) is 20.0 Å². The van der Waals surface area contributed by atoms with Crippen molar-refractivity contribution in [2.24, 2.45) is 5.92 Å². The van der Waals surface area contributed by atoms with E-state index in [1.807, 2.05) is 0 Å². The van der Waals surface area contributed by atoms with Gasteiger partial charge in [-0.25, -0.2) is 0 Å². The fourth-order valence-corrected chi connectivity index (χ4v) is 3.10. The summed E-state index contributed by atoms with van der Waals surface area (Å²) in [6, 6.07) is 2.11. The van der Waals surface area contributed by atoms with Crippen LogP contribution in [0.3, 0.4) is 0 Å². The van der Waals surface area contributed by atoms with E-state index in [2.05, 4.69) is 10.2 Å². The molecule has 3 rings (SSSR count). The first-order valence-corrected chi connectivity index (χ1v) is 7.83. The lowest BCUT2D eigenvalue weighted by atomic mass is 10.1. The highest BCUT2D eigenvalue weighted by Crippen LogP contribution is 2.30. The molecule has 0 spiro atoms. The fourth-order valence-electron chi connectivity index (χ4n) is 3.10. The highest BCUT2D eigenvalue weighted by Gasteiger charge is 2.43. The number of halogens is 3. The van der Waals surface area contributed by atoms with Gasteiger partial charge < -0.3 is 14.7 Å². The van der Waals surface area contributed by atoms with E-state index in [9.17, 15) is 22.8 Å². The Kier molecular flexibility index (Phi) is 4.29. The van der Waals surface area contributed by atoms with Crippen LogP contribution in [-0.4, -0.2) is 71.6 Å². The second-order valence-corrected chi connectivity index (χ2v) is 6.51. The molecular formula is C15H18F3N5O2. The lowest BCUT2D eigenvalue weighted by Gasteiger charge is -2.44. The molecule has 1 aromatic heterocycles. The van der Waals surface area contributed by atoms with Gasteiger partial charge in [-0.2, -0.15) is 13.2 Å². The van der Waals surface area contributed by atoms with Crippen molar-refractivity contribution < 1.29 is 22.8 Å². The molecule has 0 N–H and O–H groups in total. The van der Waals surface area contributed by atoms with Crippen molar-refractivity contribution in [3.05, 3.63) is 17.8 Å². The summed E-state index contributed by atoms with van der Waals surface area (Å²) in [4.78, 5) is 29.0. The first-order chi connectivity index (χ1) is 11.7. The monoisotopic (exact) mass is 357 g/mol. The average molecular weight is 357 g/mol.